The second-order valence-corrected chi connectivity index (χ2v) is 5.51. The van der Waals surface area contributed by atoms with Crippen molar-refractivity contribution in [2.75, 3.05) is 24.5 Å². The maximum absolute atomic E-state index is 3.72. The Hall–Kier alpha value is -1.02. The molecule has 1 unspecified atom stereocenters. The number of anilines is 1. The highest BCUT2D eigenvalue weighted by Crippen LogP contribution is 2.26. The Morgan fingerprint density at radius 3 is 2.44 bits per heavy atom. The fraction of sp³-hybridized carbons (Fsp3) is 0.625. The average Bonchev–Trinajstić information content (AvgIpc) is 2.86. The van der Waals surface area contributed by atoms with Gasteiger partial charge in [0.2, 0.25) is 0 Å². The Bertz CT molecular complexity index is 363. The molecule has 0 spiro atoms. The molecule has 0 aromatic heterocycles. The zero-order valence-electron chi connectivity index (χ0n) is 12.0. The van der Waals surface area contributed by atoms with Gasteiger partial charge in [-0.25, -0.2) is 0 Å². The summed E-state index contributed by atoms with van der Waals surface area (Å²) in [6.45, 7) is 10.1. The van der Waals surface area contributed by atoms with E-state index in [-0.39, 0.29) is 0 Å². The van der Waals surface area contributed by atoms with Crippen LogP contribution in [0, 0.1) is 6.92 Å². The first-order chi connectivity index (χ1) is 8.69. The summed E-state index contributed by atoms with van der Waals surface area (Å²) in [4.78, 5) is 2.50. The van der Waals surface area contributed by atoms with Crippen molar-refractivity contribution in [1.82, 2.24) is 5.32 Å². The molecule has 0 bridgehead atoms. The molecule has 0 radical (unpaired) electrons. The number of likely N-dealkylation sites (N-methyl/N-ethyl adjacent to an activating group) is 1. The molecule has 2 heteroatoms. The first kappa shape index (κ1) is 13.4. The van der Waals surface area contributed by atoms with Gasteiger partial charge in [-0.1, -0.05) is 24.6 Å². The van der Waals surface area contributed by atoms with Gasteiger partial charge in [-0.2, -0.15) is 0 Å². The van der Waals surface area contributed by atoms with Crippen LogP contribution in [0.3, 0.4) is 0 Å². The van der Waals surface area contributed by atoms with Crippen molar-refractivity contribution >= 4 is 5.69 Å². The van der Waals surface area contributed by atoms with Crippen LogP contribution in [-0.2, 0) is 0 Å². The fourth-order valence-corrected chi connectivity index (χ4v) is 2.92. The lowest BCUT2D eigenvalue weighted by molar-refractivity contribution is 0.363. The minimum atomic E-state index is 0.334. The van der Waals surface area contributed by atoms with Crippen LogP contribution in [0.4, 0.5) is 5.69 Å². The maximum atomic E-state index is 3.72. The van der Waals surface area contributed by atoms with E-state index in [4.69, 9.17) is 0 Å². The molecule has 1 fully saturated rings. The monoisotopic (exact) mass is 246 g/mol. The summed E-state index contributed by atoms with van der Waals surface area (Å²) >= 11 is 0. The van der Waals surface area contributed by atoms with E-state index in [9.17, 15) is 0 Å². The molecule has 1 N–H and O–H groups in total. The van der Waals surface area contributed by atoms with Gasteiger partial charge >= 0.3 is 0 Å². The van der Waals surface area contributed by atoms with E-state index in [1.807, 2.05) is 0 Å². The molecule has 2 rings (SSSR count). The number of nitrogens with one attached hydrogen (secondary N) is 1. The van der Waals surface area contributed by atoms with Crippen LogP contribution in [0.5, 0.6) is 0 Å². The minimum Gasteiger partial charge on any atom is -0.370 e. The number of rotatable bonds is 5. The summed E-state index contributed by atoms with van der Waals surface area (Å²) in [5, 5.41) is 3.72. The van der Waals surface area contributed by atoms with Gasteiger partial charge in [-0.15, -0.1) is 0 Å². The predicted octanol–water partition coefficient (Wildman–Crippen LogP) is 3.35. The van der Waals surface area contributed by atoms with Gasteiger partial charge in [0.1, 0.15) is 0 Å². The van der Waals surface area contributed by atoms with Crippen LogP contribution in [0.15, 0.2) is 24.3 Å². The molecule has 0 saturated carbocycles. The third-order valence-corrected chi connectivity index (χ3v) is 4.28. The Morgan fingerprint density at radius 2 is 1.94 bits per heavy atom. The van der Waals surface area contributed by atoms with Crippen molar-refractivity contribution in [3.05, 3.63) is 29.8 Å². The van der Waals surface area contributed by atoms with E-state index in [1.54, 1.807) is 0 Å². The van der Waals surface area contributed by atoms with Crippen molar-refractivity contribution in [1.29, 1.82) is 0 Å². The maximum Gasteiger partial charge on any atom is 0.0366 e. The lowest BCUT2D eigenvalue weighted by Crippen LogP contribution is -2.49. The highest BCUT2D eigenvalue weighted by Gasteiger charge is 2.33. The molecule has 1 saturated heterocycles. The largest absolute Gasteiger partial charge is 0.370 e. The standard InChI is InChI=1S/C16H26N2/c1-4-16(11-6-12-17-16)13-18(5-2)15-9-7-14(3)8-10-15/h7-10,17H,4-6,11-13H2,1-3H3. The topological polar surface area (TPSA) is 15.3 Å². The Balaban J connectivity index is 2.11. The number of hydrogen-bond acceptors (Lipinski definition) is 2. The summed E-state index contributed by atoms with van der Waals surface area (Å²) in [6, 6.07) is 8.91. The molecule has 1 heterocycles. The SMILES string of the molecule is CCN(CC1(CC)CCCN1)c1ccc(C)cc1. The Kier molecular flexibility index (Phi) is 4.28. The molecule has 18 heavy (non-hydrogen) atoms. The minimum absolute atomic E-state index is 0.334. The van der Waals surface area contributed by atoms with Gasteiger partial charge in [-0.3, -0.25) is 0 Å². The third-order valence-electron chi connectivity index (χ3n) is 4.28. The van der Waals surface area contributed by atoms with E-state index >= 15 is 0 Å². The zero-order valence-corrected chi connectivity index (χ0v) is 12.0. The number of hydrogen-bond donors (Lipinski definition) is 1. The van der Waals surface area contributed by atoms with Crippen LogP contribution in [-0.4, -0.2) is 25.2 Å². The second kappa shape index (κ2) is 5.75. The van der Waals surface area contributed by atoms with Crippen LogP contribution in [0.25, 0.3) is 0 Å². The van der Waals surface area contributed by atoms with Crippen molar-refractivity contribution in [3.8, 4) is 0 Å². The Labute approximate surface area is 111 Å². The molecule has 1 aromatic rings. The molecular formula is C16H26N2. The van der Waals surface area contributed by atoms with Crippen molar-refractivity contribution in [2.45, 2.75) is 45.6 Å². The van der Waals surface area contributed by atoms with Crippen molar-refractivity contribution in [3.63, 3.8) is 0 Å². The van der Waals surface area contributed by atoms with Crippen molar-refractivity contribution < 1.29 is 0 Å². The number of nitrogens with zero attached hydrogens (tertiary/aromatic N) is 1. The predicted molar refractivity (Wildman–Crippen MR) is 79.3 cm³/mol. The van der Waals surface area contributed by atoms with Crippen LogP contribution in [0.2, 0.25) is 0 Å². The van der Waals surface area contributed by atoms with E-state index < -0.39 is 0 Å². The summed E-state index contributed by atoms with van der Waals surface area (Å²) in [5.74, 6) is 0. The van der Waals surface area contributed by atoms with Gasteiger partial charge in [0.15, 0.2) is 0 Å². The van der Waals surface area contributed by atoms with E-state index in [1.165, 1.54) is 37.1 Å². The second-order valence-electron chi connectivity index (χ2n) is 5.51. The summed E-state index contributed by atoms with van der Waals surface area (Å²) in [5.41, 5.74) is 3.02. The molecule has 100 valence electrons. The molecule has 0 amide bonds. The lowest BCUT2D eigenvalue weighted by Gasteiger charge is -2.36. The molecule has 1 aliphatic heterocycles. The summed E-state index contributed by atoms with van der Waals surface area (Å²) in [6.07, 6.45) is 3.85. The van der Waals surface area contributed by atoms with Crippen molar-refractivity contribution in [2.24, 2.45) is 0 Å². The molecule has 1 aromatic carbocycles. The smallest absolute Gasteiger partial charge is 0.0366 e. The van der Waals surface area contributed by atoms with E-state index in [2.05, 4.69) is 55.3 Å². The first-order valence-electron chi connectivity index (χ1n) is 7.26. The molecule has 0 aliphatic carbocycles. The quantitative estimate of drug-likeness (QED) is 0.857. The molecule has 1 aliphatic rings. The lowest BCUT2D eigenvalue weighted by atomic mass is 9.93. The first-order valence-corrected chi connectivity index (χ1v) is 7.26. The number of benzene rings is 1. The third kappa shape index (κ3) is 2.86. The van der Waals surface area contributed by atoms with Crippen LogP contribution >= 0.6 is 0 Å². The number of aryl methyl sites for hydroxylation is 1. The summed E-state index contributed by atoms with van der Waals surface area (Å²) in [7, 11) is 0. The van der Waals surface area contributed by atoms with Gasteiger partial charge in [-0.05, 0) is 51.8 Å². The molecule has 1 atom stereocenters. The fourth-order valence-electron chi connectivity index (χ4n) is 2.92. The Morgan fingerprint density at radius 1 is 1.22 bits per heavy atom. The highest BCUT2D eigenvalue weighted by molar-refractivity contribution is 5.48. The van der Waals surface area contributed by atoms with E-state index in [0.29, 0.717) is 5.54 Å². The van der Waals surface area contributed by atoms with Crippen LogP contribution < -0.4 is 10.2 Å². The average molecular weight is 246 g/mol. The zero-order chi connectivity index (χ0) is 13.0. The highest BCUT2D eigenvalue weighted by atomic mass is 15.2. The molecular weight excluding hydrogens is 220 g/mol. The van der Waals surface area contributed by atoms with Gasteiger partial charge in [0.25, 0.3) is 0 Å². The normalized spacial score (nSPS) is 23.3. The van der Waals surface area contributed by atoms with Gasteiger partial charge in [0, 0.05) is 24.3 Å². The van der Waals surface area contributed by atoms with Gasteiger partial charge < -0.3 is 10.2 Å². The van der Waals surface area contributed by atoms with Crippen LogP contribution in [0.1, 0.15) is 38.7 Å². The molecule has 2 nitrogen and oxygen atoms in total. The summed E-state index contributed by atoms with van der Waals surface area (Å²) < 4.78 is 0. The van der Waals surface area contributed by atoms with Gasteiger partial charge in [0.05, 0.1) is 0 Å². The van der Waals surface area contributed by atoms with E-state index in [0.717, 1.165) is 13.1 Å².